The summed E-state index contributed by atoms with van der Waals surface area (Å²) in [6.45, 7) is 0. The molecule has 2 aromatic carbocycles. The summed E-state index contributed by atoms with van der Waals surface area (Å²) in [6.07, 6.45) is 2.43. The number of rotatable bonds is 4. The molecule has 2 aromatic rings. The van der Waals surface area contributed by atoms with Gasteiger partial charge in [0.15, 0.2) is 0 Å². The SMILES string of the molecule is Clc1ccc(CC(c2ccccc2)C2SCCCS2)cc1. The third-order valence-corrected chi connectivity index (χ3v) is 7.21. The molecule has 0 saturated carbocycles. The first-order valence-corrected chi connectivity index (χ1v) is 9.83. The van der Waals surface area contributed by atoms with Crippen LogP contribution in [0.15, 0.2) is 54.6 Å². The van der Waals surface area contributed by atoms with E-state index in [1.165, 1.54) is 29.1 Å². The third-order valence-electron chi connectivity index (χ3n) is 3.78. The summed E-state index contributed by atoms with van der Waals surface area (Å²) in [5.74, 6) is 3.16. The fourth-order valence-corrected chi connectivity index (χ4v) is 6.01. The van der Waals surface area contributed by atoms with Crippen molar-refractivity contribution in [2.45, 2.75) is 23.3 Å². The molecule has 3 rings (SSSR count). The molecular formula is C18H19ClS2. The smallest absolute Gasteiger partial charge is 0.0574 e. The van der Waals surface area contributed by atoms with Gasteiger partial charge in [-0.1, -0.05) is 54.1 Å². The Morgan fingerprint density at radius 2 is 1.62 bits per heavy atom. The zero-order valence-corrected chi connectivity index (χ0v) is 14.3. The molecule has 0 spiro atoms. The Bertz CT molecular complexity index is 547. The Hall–Kier alpha value is -0.570. The second-order valence-corrected chi connectivity index (χ2v) is 8.55. The van der Waals surface area contributed by atoms with E-state index in [9.17, 15) is 0 Å². The lowest BCUT2D eigenvalue weighted by molar-refractivity contribution is 0.741. The molecule has 110 valence electrons. The van der Waals surface area contributed by atoms with Gasteiger partial charge in [-0.2, -0.15) is 0 Å². The van der Waals surface area contributed by atoms with Gasteiger partial charge in [0.05, 0.1) is 4.58 Å². The summed E-state index contributed by atoms with van der Waals surface area (Å²) >= 11 is 10.3. The van der Waals surface area contributed by atoms with Crippen molar-refractivity contribution in [2.24, 2.45) is 0 Å². The molecule has 1 unspecified atom stereocenters. The average molecular weight is 335 g/mol. The first-order chi connectivity index (χ1) is 10.3. The van der Waals surface area contributed by atoms with E-state index in [-0.39, 0.29) is 0 Å². The molecule has 0 aliphatic carbocycles. The molecule has 3 heteroatoms. The maximum Gasteiger partial charge on any atom is 0.0574 e. The highest BCUT2D eigenvalue weighted by Crippen LogP contribution is 2.42. The Morgan fingerprint density at radius 1 is 0.952 bits per heavy atom. The number of benzene rings is 2. The van der Waals surface area contributed by atoms with Crippen LogP contribution in [-0.2, 0) is 6.42 Å². The monoisotopic (exact) mass is 334 g/mol. The van der Waals surface area contributed by atoms with Crippen LogP contribution in [0.3, 0.4) is 0 Å². The Labute approximate surface area is 140 Å². The van der Waals surface area contributed by atoms with Crippen molar-refractivity contribution in [3.8, 4) is 0 Å². The van der Waals surface area contributed by atoms with Crippen LogP contribution in [0.2, 0.25) is 5.02 Å². The molecule has 1 atom stereocenters. The van der Waals surface area contributed by atoms with Crippen LogP contribution in [0.1, 0.15) is 23.5 Å². The van der Waals surface area contributed by atoms with E-state index in [1.54, 1.807) is 0 Å². The van der Waals surface area contributed by atoms with Gasteiger partial charge >= 0.3 is 0 Å². The molecule has 1 heterocycles. The van der Waals surface area contributed by atoms with Crippen molar-refractivity contribution < 1.29 is 0 Å². The molecule has 1 saturated heterocycles. The van der Waals surface area contributed by atoms with Crippen molar-refractivity contribution in [1.29, 1.82) is 0 Å². The van der Waals surface area contributed by atoms with Crippen molar-refractivity contribution in [1.82, 2.24) is 0 Å². The molecule has 0 bridgehead atoms. The first kappa shape index (κ1) is 15.3. The van der Waals surface area contributed by atoms with E-state index in [1.807, 2.05) is 12.1 Å². The zero-order valence-electron chi connectivity index (χ0n) is 11.9. The molecule has 1 aliphatic heterocycles. The van der Waals surface area contributed by atoms with Crippen LogP contribution in [0, 0.1) is 0 Å². The number of thioether (sulfide) groups is 2. The van der Waals surface area contributed by atoms with Crippen LogP contribution < -0.4 is 0 Å². The topological polar surface area (TPSA) is 0 Å². The van der Waals surface area contributed by atoms with Crippen molar-refractivity contribution >= 4 is 35.1 Å². The van der Waals surface area contributed by atoms with Gasteiger partial charge in [0.25, 0.3) is 0 Å². The second-order valence-electron chi connectivity index (χ2n) is 5.31. The number of halogens is 1. The van der Waals surface area contributed by atoms with Gasteiger partial charge in [-0.05, 0) is 47.6 Å². The van der Waals surface area contributed by atoms with Crippen LogP contribution in [0.4, 0.5) is 0 Å². The van der Waals surface area contributed by atoms with E-state index in [2.05, 4.69) is 66.0 Å². The highest BCUT2D eigenvalue weighted by Gasteiger charge is 2.26. The highest BCUT2D eigenvalue weighted by molar-refractivity contribution is 8.17. The number of hydrogen-bond acceptors (Lipinski definition) is 2. The van der Waals surface area contributed by atoms with Gasteiger partial charge in [0, 0.05) is 10.9 Å². The minimum Gasteiger partial charge on any atom is -0.147 e. The summed E-state index contributed by atoms with van der Waals surface area (Å²) < 4.78 is 0.664. The Kier molecular flexibility index (Phi) is 5.56. The van der Waals surface area contributed by atoms with Crippen LogP contribution in [0.25, 0.3) is 0 Å². The van der Waals surface area contributed by atoms with Crippen LogP contribution in [-0.4, -0.2) is 16.1 Å². The van der Waals surface area contributed by atoms with Crippen molar-refractivity contribution in [3.63, 3.8) is 0 Å². The minimum absolute atomic E-state index is 0.572. The fraction of sp³-hybridized carbons (Fsp3) is 0.333. The molecule has 0 N–H and O–H groups in total. The molecule has 0 nitrogen and oxygen atoms in total. The Balaban J connectivity index is 1.83. The summed E-state index contributed by atoms with van der Waals surface area (Å²) in [5.41, 5.74) is 2.83. The number of hydrogen-bond donors (Lipinski definition) is 0. The maximum atomic E-state index is 6.01. The summed E-state index contributed by atoms with van der Waals surface area (Å²) in [4.78, 5) is 0. The third kappa shape index (κ3) is 4.21. The van der Waals surface area contributed by atoms with E-state index in [0.717, 1.165) is 11.4 Å². The van der Waals surface area contributed by atoms with Crippen LogP contribution >= 0.6 is 35.1 Å². The predicted molar refractivity (Wildman–Crippen MR) is 97.7 cm³/mol. The fourth-order valence-electron chi connectivity index (χ4n) is 2.68. The lowest BCUT2D eigenvalue weighted by atomic mass is 9.93. The van der Waals surface area contributed by atoms with Crippen molar-refractivity contribution in [2.75, 3.05) is 11.5 Å². The molecule has 0 aromatic heterocycles. The molecule has 1 fully saturated rings. The first-order valence-electron chi connectivity index (χ1n) is 7.35. The minimum atomic E-state index is 0.572. The molecule has 0 amide bonds. The Morgan fingerprint density at radius 3 is 2.29 bits per heavy atom. The maximum absolute atomic E-state index is 6.01. The quantitative estimate of drug-likeness (QED) is 0.686. The molecular weight excluding hydrogens is 316 g/mol. The van der Waals surface area contributed by atoms with Gasteiger partial charge in [-0.3, -0.25) is 0 Å². The van der Waals surface area contributed by atoms with Gasteiger partial charge < -0.3 is 0 Å². The zero-order chi connectivity index (χ0) is 14.5. The second kappa shape index (κ2) is 7.62. The van der Waals surface area contributed by atoms with Gasteiger partial charge in [0.1, 0.15) is 0 Å². The average Bonchev–Trinajstić information content (AvgIpc) is 2.56. The summed E-state index contributed by atoms with van der Waals surface area (Å²) in [7, 11) is 0. The lowest BCUT2D eigenvalue weighted by Gasteiger charge is -2.30. The van der Waals surface area contributed by atoms with Crippen LogP contribution in [0.5, 0.6) is 0 Å². The van der Waals surface area contributed by atoms with E-state index >= 15 is 0 Å². The highest BCUT2D eigenvalue weighted by atomic mass is 35.5. The van der Waals surface area contributed by atoms with Gasteiger partial charge in [-0.15, -0.1) is 23.5 Å². The van der Waals surface area contributed by atoms with E-state index in [4.69, 9.17) is 11.6 Å². The normalized spacial score (nSPS) is 17.6. The van der Waals surface area contributed by atoms with E-state index < -0.39 is 0 Å². The van der Waals surface area contributed by atoms with Gasteiger partial charge in [-0.25, -0.2) is 0 Å². The van der Waals surface area contributed by atoms with Crippen molar-refractivity contribution in [3.05, 3.63) is 70.7 Å². The molecule has 0 radical (unpaired) electrons. The molecule has 21 heavy (non-hydrogen) atoms. The van der Waals surface area contributed by atoms with Gasteiger partial charge in [0.2, 0.25) is 0 Å². The largest absolute Gasteiger partial charge is 0.147 e. The summed E-state index contributed by atoms with van der Waals surface area (Å²) in [6, 6.07) is 19.3. The summed E-state index contributed by atoms with van der Waals surface area (Å²) in [5, 5.41) is 0.816. The lowest BCUT2D eigenvalue weighted by Crippen LogP contribution is -2.19. The predicted octanol–water partition coefficient (Wildman–Crippen LogP) is 5.86. The standard InChI is InChI=1S/C18H19ClS2/c19-16-9-7-14(8-10-16)13-17(15-5-2-1-3-6-15)18-20-11-4-12-21-18/h1-3,5-10,17-18H,4,11-13H2. The van der Waals surface area contributed by atoms with E-state index in [0.29, 0.717) is 10.5 Å². The molecule has 1 aliphatic rings.